The molecule has 0 aliphatic heterocycles. The minimum absolute atomic E-state index is 0.00321. The van der Waals surface area contributed by atoms with Gasteiger partial charge in [-0.15, -0.1) is 0 Å². The van der Waals surface area contributed by atoms with Crippen molar-refractivity contribution < 1.29 is 13.8 Å². The molecular weight excluding hydrogens is 330 g/mol. The highest BCUT2D eigenvalue weighted by atomic mass is 79.9. The summed E-state index contributed by atoms with van der Waals surface area (Å²) in [5.74, 6) is -0.820. The molecule has 0 fully saturated rings. The first-order valence-electron chi connectivity index (χ1n) is 5.82. The summed E-state index contributed by atoms with van der Waals surface area (Å²) in [5.41, 5.74) is 0.486. The molecule has 1 unspecified atom stereocenters. The molecule has 1 atom stereocenters. The highest BCUT2D eigenvalue weighted by molar-refractivity contribution is 9.10. The maximum absolute atomic E-state index is 11.9. The summed E-state index contributed by atoms with van der Waals surface area (Å²) >= 11 is 3.27. The number of Topliss-reactive ketones (excluding diaryl/α,β-unsaturated/α-hetero) is 1. The molecule has 0 aliphatic rings. The zero-order valence-electron chi connectivity index (χ0n) is 10.8. The van der Waals surface area contributed by atoms with Gasteiger partial charge in [-0.05, 0) is 19.9 Å². The van der Waals surface area contributed by atoms with Crippen LogP contribution >= 0.6 is 15.9 Å². The molecule has 0 spiro atoms. The van der Waals surface area contributed by atoms with Gasteiger partial charge >= 0.3 is 0 Å². The zero-order valence-corrected chi connectivity index (χ0v) is 13.2. The fourth-order valence-corrected chi connectivity index (χ4v) is 2.90. The van der Waals surface area contributed by atoms with Crippen LogP contribution in [0.25, 0.3) is 0 Å². The first-order valence-corrected chi connectivity index (χ1v) is 8.10. The Kier molecular flexibility index (Phi) is 6.37. The Labute approximate surface area is 123 Å². The van der Waals surface area contributed by atoms with Crippen molar-refractivity contribution in [2.24, 2.45) is 0 Å². The number of nitrogens with one attached hydrogen (secondary N) is 1. The molecule has 0 saturated carbocycles. The topological polar surface area (TPSA) is 63.2 Å². The number of rotatable bonds is 6. The van der Waals surface area contributed by atoms with E-state index >= 15 is 0 Å². The Morgan fingerprint density at radius 1 is 1.26 bits per heavy atom. The highest BCUT2D eigenvalue weighted by Gasteiger charge is 2.15. The summed E-state index contributed by atoms with van der Waals surface area (Å²) in [4.78, 5) is 23.3. The lowest BCUT2D eigenvalue weighted by Crippen LogP contribution is -2.34. The average molecular weight is 346 g/mol. The van der Waals surface area contributed by atoms with Gasteiger partial charge in [-0.2, -0.15) is 0 Å². The lowest BCUT2D eigenvalue weighted by molar-refractivity contribution is -0.119. The van der Waals surface area contributed by atoms with Gasteiger partial charge in [-0.3, -0.25) is 13.8 Å². The minimum Gasteiger partial charge on any atom is -0.353 e. The Morgan fingerprint density at radius 2 is 1.89 bits per heavy atom. The normalized spacial score (nSPS) is 12.2. The number of amides is 1. The molecule has 0 aliphatic carbocycles. The van der Waals surface area contributed by atoms with Crippen molar-refractivity contribution in [1.82, 2.24) is 5.32 Å². The Balaban J connectivity index is 2.56. The molecule has 1 amide bonds. The van der Waals surface area contributed by atoms with E-state index in [2.05, 4.69) is 21.2 Å². The predicted octanol–water partition coefficient (Wildman–Crippen LogP) is 1.91. The Hall–Kier alpha value is -1.01. The van der Waals surface area contributed by atoms with Crippen molar-refractivity contribution in [3.63, 3.8) is 0 Å². The van der Waals surface area contributed by atoms with Crippen LogP contribution in [0.15, 0.2) is 28.7 Å². The minimum atomic E-state index is -1.49. The van der Waals surface area contributed by atoms with Gasteiger partial charge in [0.15, 0.2) is 5.78 Å². The number of halogens is 1. The molecule has 1 N–H and O–H groups in total. The summed E-state index contributed by atoms with van der Waals surface area (Å²) in [5, 5.41) is 2.65. The Morgan fingerprint density at radius 3 is 2.47 bits per heavy atom. The number of carbonyl (C=O) groups is 2. The second-order valence-electron chi connectivity index (χ2n) is 4.35. The van der Waals surface area contributed by atoms with Crippen LogP contribution in [-0.4, -0.2) is 33.4 Å². The molecule has 4 nitrogen and oxygen atoms in total. The third-order valence-electron chi connectivity index (χ3n) is 2.21. The standard InChI is InChI=1S/C13H16BrNO3S/c1-9(2)15-13(17)8-19(18)7-12(16)10-5-3-4-6-11(10)14/h3-6,9H,7-8H2,1-2H3,(H,15,17). The maximum atomic E-state index is 11.9. The molecule has 0 heterocycles. The van der Waals surface area contributed by atoms with Crippen molar-refractivity contribution in [2.75, 3.05) is 11.5 Å². The Bertz CT molecular complexity index is 502. The second-order valence-corrected chi connectivity index (χ2v) is 6.67. The summed E-state index contributed by atoms with van der Waals surface area (Å²) in [6, 6.07) is 6.96. The van der Waals surface area contributed by atoms with Crippen molar-refractivity contribution in [2.45, 2.75) is 19.9 Å². The van der Waals surface area contributed by atoms with Gasteiger partial charge in [-0.1, -0.05) is 34.1 Å². The van der Waals surface area contributed by atoms with Gasteiger partial charge in [0.2, 0.25) is 5.91 Å². The maximum Gasteiger partial charge on any atom is 0.232 e. The van der Waals surface area contributed by atoms with Crippen molar-refractivity contribution in [3.05, 3.63) is 34.3 Å². The molecule has 0 saturated heterocycles. The van der Waals surface area contributed by atoms with E-state index in [9.17, 15) is 13.8 Å². The van der Waals surface area contributed by atoms with Gasteiger partial charge in [0, 0.05) is 26.9 Å². The molecule has 0 aromatic heterocycles. The average Bonchev–Trinajstić information content (AvgIpc) is 2.27. The first-order chi connectivity index (χ1) is 8.90. The number of hydrogen-bond donors (Lipinski definition) is 1. The van der Waals surface area contributed by atoms with E-state index in [1.807, 2.05) is 13.8 Å². The van der Waals surface area contributed by atoms with Crippen LogP contribution in [0.5, 0.6) is 0 Å². The first kappa shape index (κ1) is 16.0. The fraction of sp³-hybridized carbons (Fsp3) is 0.385. The monoisotopic (exact) mass is 345 g/mol. The number of carbonyl (C=O) groups excluding carboxylic acids is 2. The van der Waals surface area contributed by atoms with E-state index in [0.29, 0.717) is 10.0 Å². The predicted molar refractivity (Wildman–Crippen MR) is 79.6 cm³/mol. The smallest absolute Gasteiger partial charge is 0.232 e. The van der Waals surface area contributed by atoms with Crippen LogP contribution < -0.4 is 5.32 Å². The third kappa shape index (κ3) is 5.65. The van der Waals surface area contributed by atoms with Crippen LogP contribution in [-0.2, 0) is 15.6 Å². The van der Waals surface area contributed by atoms with E-state index in [0.717, 1.165) is 0 Å². The largest absolute Gasteiger partial charge is 0.353 e. The lowest BCUT2D eigenvalue weighted by Gasteiger charge is -2.08. The fourth-order valence-electron chi connectivity index (χ4n) is 1.47. The molecule has 0 radical (unpaired) electrons. The molecule has 19 heavy (non-hydrogen) atoms. The van der Waals surface area contributed by atoms with E-state index in [-0.39, 0.29) is 29.2 Å². The molecule has 1 aromatic carbocycles. The summed E-state index contributed by atoms with van der Waals surface area (Å²) in [6.07, 6.45) is 0. The van der Waals surface area contributed by atoms with Crippen molar-refractivity contribution >= 4 is 38.4 Å². The van der Waals surface area contributed by atoms with Crippen LogP contribution in [0.4, 0.5) is 0 Å². The molecule has 1 aromatic rings. The van der Waals surface area contributed by atoms with Gasteiger partial charge < -0.3 is 5.32 Å². The van der Waals surface area contributed by atoms with Gasteiger partial charge in [0.05, 0.1) is 5.75 Å². The van der Waals surface area contributed by atoms with Crippen LogP contribution in [0.3, 0.4) is 0 Å². The van der Waals surface area contributed by atoms with Crippen molar-refractivity contribution in [3.8, 4) is 0 Å². The van der Waals surface area contributed by atoms with E-state index in [1.54, 1.807) is 24.3 Å². The molecule has 104 valence electrons. The summed E-state index contributed by atoms with van der Waals surface area (Å²) in [6.45, 7) is 3.65. The van der Waals surface area contributed by atoms with Crippen molar-refractivity contribution in [1.29, 1.82) is 0 Å². The van der Waals surface area contributed by atoms with Gasteiger partial charge in [0.25, 0.3) is 0 Å². The van der Waals surface area contributed by atoms with Crippen LogP contribution in [0.2, 0.25) is 0 Å². The summed E-state index contributed by atoms with van der Waals surface area (Å²) < 4.78 is 12.4. The van der Waals surface area contributed by atoms with E-state index in [4.69, 9.17) is 0 Å². The van der Waals surface area contributed by atoms with Crippen LogP contribution in [0, 0.1) is 0 Å². The van der Waals surface area contributed by atoms with Gasteiger partial charge in [-0.25, -0.2) is 0 Å². The molecule has 6 heteroatoms. The van der Waals surface area contributed by atoms with Crippen LogP contribution in [0.1, 0.15) is 24.2 Å². The molecular formula is C13H16BrNO3S. The lowest BCUT2D eigenvalue weighted by atomic mass is 10.1. The molecule has 0 bridgehead atoms. The quantitative estimate of drug-likeness (QED) is 0.801. The SMILES string of the molecule is CC(C)NC(=O)CS(=O)CC(=O)c1ccccc1Br. The number of hydrogen-bond acceptors (Lipinski definition) is 3. The van der Waals surface area contributed by atoms with Gasteiger partial charge in [0.1, 0.15) is 5.75 Å². The van der Waals surface area contributed by atoms with E-state index in [1.165, 1.54) is 0 Å². The number of ketones is 1. The zero-order chi connectivity index (χ0) is 14.4. The summed E-state index contributed by atoms with van der Waals surface area (Å²) in [7, 11) is -1.49. The molecule has 1 rings (SSSR count). The number of benzene rings is 1. The third-order valence-corrected chi connectivity index (χ3v) is 4.07. The van der Waals surface area contributed by atoms with E-state index < -0.39 is 10.8 Å². The second kappa shape index (κ2) is 7.55. The highest BCUT2D eigenvalue weighted by Crippen LogP contribution is 2.16.